The Labute approximate surface area is 189 Å². The lowest BCUT2D eigenvalue weighted by molar-refractivity contribution is 0.103. The number of nitrogens with zero attached hydrogens (tertiary/aromatic N) is 1. The fourth-order valence-corrected chi connectivity index (χ4v) is 3.41. The minimum atomic E-state index is 0.0134. The van der Waals surface area contributed by atoms with Crippen molar-refractivity contribution in [3.05, 3.63) is 70.7 Å². The topological polar surface area (TPSA) is 41.6 Å². The van der Waals surface area contributed by atoms with Gasteiger partial charge >= 0.3 is 0 Å². The van der Waals surface area contributed by atoms with E-state index in [9.17, 15) is 4.79 Å². The number of halogens is 1. The van der Waals surface area contributed by atoms with Gasteiger partial charge in [0.2, 0.25) is 0 Å². The normalized spacial score (nSPS) is 10.6. The molecule has 2 rings (SSSR count). The van der Waals surface area contributed by atoms with E-state index in [1.165, 1.54) is 12.8 Å². The first kappa shape index (κ1) is 24.2. The van der Waals surface area contributed by atoms with Crippen LogP contribution in [0.4, 0.5) is 5.69 Å². The Morgan fingerprint density at radius 2 is 1.80 bits per heavy atom. The zero-order chi connectivity index (χ0) is 21.8. The van der Waals surface area contributed by atoms with Crippen LogP contribution in [0.15, 0.2) is 59.6 Å². The van der Waals surface area contributed by atoms with Gasteiger partial charge in [0, 0.05) is 35.8 Å². The average molecular weight is 473 g/mol. The summed E-state index contributed by atoms with van der Waals surface area (Å²) in [6.45, 7) is 6.49. The molecule has 0 heterocycles. The summed E-state index contributed by atoms with van der Waals surface area (Å²) < 4.78 is 6.90. The molecule has 0 saturated carbocycles. The van der Waals surface area contributed by atoms with Gasteiger partial charge in [-0.05, 0) is 68.8 Å². The summed E-state index contributed by atoms with van der Waals surface area (Å²) in [6.07, 6.45) is 7.54. The van der Waals surface area contributed by atoms with Gasteiger partial charge in [-0.2, -0.15) is 0 Å². The first-order valence-electron chi connectivity index (χ1n) is 10.6. The molecule has 0 unspecified atom stereocenters. The minimum Gasteiger partial charge on any atom is -0.494 e. The molecule has 0 fully saturated rings. The van der Waals surface area contributed by atoms with Crippen LogP contribution in [0.2, 0.25) is 0 Å². The fourth-order valence-electron chi connectivity index (χ4n) is 3.14. The van der Waals surface area contributed by atoms with E-state index in [0.29, 0.717) is 17.7 Å². The van der Waals surface area contributed by atoms with E-state index in [0.717, 1.165) is 48.3 Å². The van der Waals surface area contributed by atoms with Crippen LogP contribution in [0.3, 0.4) is 0 Å². The number of carbonyl (C=O) groups excluding carboxylic acids is 1. The molecule has 0 aliphatic carbocycles. The van der Waals surface area contributed by atoms with Crippen molar-refractivity contribution < 1.29 is 9.53 Å². The Bertz CT molecular complexity index is 803. The standard InChI is InChI=1S/C25H33BrN2O2/c1-4-5-16-27-17-8-6-7-9-18-30-22-14-15-23(24(19-22)28(2)3)25(29)20-10-12-21(26)13-11-20/h4,10-15,19,27H,1,5-9,16-18H2,2-3H3. The van der Waals surface area contributed by atoms with E-state index in [4.69, 9.17) is 4.74 Å². The van der Waals surface area contributed by atoms with Crippen LogP contribution < -0.4 is 15.0 Å². The second kappa shape index (κ2) is 13.2. The Balaban J connectivity index is 1.84. The molecule has 0 spiro atoms. The first-order chi connectivity index (χ1) is 14.5. The summed E-state index contributed by atoms with van der Waals surface area (Å²) >= 11 is 3.41. The van der Waals surface area contributed by atoms with Crippen molar-refractivity contribution in [1.82, 2.24) is 5.32 Å². The smallest absolute Gasteiger partial charge is 0.195 e. The number of ether oxygens (including phenoxy) is 1. The Kier molecular flexibility index (Phi) is 10.7. The predicted molar refractivity (Wildman–Crippen MR) is 130 cm³/mol. The van der Waals surface area contributed by atoms with Crippen molar-refractivity contribution in [2.24, 2.45) is 0 Å². The van der Waals surface area contributed by atoms with Gasteiger partial charge in [-0.1, -0.05) is 34.8 Å². The van der Waals surface area contributed by atoms with Crippen molar-refractivity contribution in [3.63, 3.8) is 0 Å². The number of benzene rings is 2. The highest BCUT2D eigenvalue weighted by molar-refractivity contribution is 9.10. The molecule has 0 saturated heterocycles. The summed E-state index contributed by atoms with van der Waals surface area (Å²) in [5.41, 5.74) is 2.22. The Morgan fingerprint density at radius 1 is 1.07 bits per heavy atom. The third-order valence-electron chi connectivity index (χ3n) is 4.84. The van der Waals surface area contributed by atoms with Crippen LogP contribution in [-0.2, 0) is 0 Å². The zero-order valence-electron chi connectivity index (χ0n) is 18.1. The maximum Gasteiger partial charge on any atom is 0.195 e. The summed E-state index contributed by atoms with van der Waals surface area (Å²) in [5.74, 6) is 0.816. The monoisotopic (exact) mass is 472 g/mol. The summed E-state index contributed by atoms with van der Waals surface area (Å²) in [5, 5.41) is 3.41. The molecule has 0 amide bonds. The van der Waals surface area contributed by atoms with Gasteiger partial charge in [-0.25, -0.2) is 0 Å². The van der Waals surface area contributed by atoms with Crippen LogP contribution >= 0.6 is 15.9 Å². The number of unbranched alkanes of at least 4 members (excludes halogenated alkanes) is 3. The van der Waals surface area contributed by atoms with Gasteiger partial charge in [0.15, 0.2) is 5.78 Å². The summed E-state index contributed by atoms with van der Waals surface area (Å²) in [4.78, 5) is 14.9. The lowest BCUT2D eigenvalue weighted by atomic mass is 10.0. The molecular formula is C25H33BrN2O2. The summed E-state index contributed by atoms with van der Waals surface area (Å²) in [7, 11) is 3.89. The van der Waals surface area contributed by atoms with Gasteiger partial charge in [0.1, 0.15) is 5.75 Å². The van der Waals surface area contributed by atoms with Gasteiger partial charge in [0.25, 0.3) is 0 Å². The van der Waals surface area contributed by atoms with E-state index >= 15 is 0 Å². The number of ketones is 1. The highest BCUT2D eigenvalue weighted by Gasteiger charge is 2.16. The van der Waals surface area contributed by atoms with Crippen molar-refractivity contribution in [2.45, 2.75) is 32.1 Å². The third kappa shape index (κ3) is 7.96. The van der Waals surface area contributed by atoms with E-state index in [1.807, 2.05) is 67.5 Å². The Hall–Kier alpha value is -2.11. The van der Waals surface area contributed by atoms with Gasteiger partial charge < -0.3 is 15.0 Å². The lowest BCUT2D eigenvalue weighted by Gasteiger charge is -2.18. The zero-order valence-corrected chi connectivity index (χ0v) is 19.7. The number of carbonyl (C=O) groups is 1. The number of nitrogens with one attached hydrogen (secondary N) is 1. The van der Waals surface area contributed by atoms with Crippen molar-refractivity contribution in [3.8, 4) is 5.75 Å². The van der Waals surface area contributed by atoms with Gasteiger partial charge in [-0.15, -0.1) is 6.58 Å². The second-order valence-electron chi connectivity index (χ2n) is 7.50. The van der Waals surface area contributed by atoms with Crippen LogP contribution in [0, 0.1) is 0 Å². The quantitative estimate of drug-likeness (QED) is 0.212. The summed E-state index contributed by atoms with van der Waals surface area (Å²) in [6, 6.07) is 13.2. The fraction of sp³-hybridized carbons (Fsp3) is 0.400. The number of hydrogen-bond donors (Lipinski definition) is 1. The molecule has 0 bridgehead atoms. The molecular weight excluding hydrogens is 440 g/mol. The molecule has 1 N–H and O–H groups in total. The molecule has 4 nitrogen and oxygen atoms in total. The molecule has 0 radical (unpaired) electrons. The van der Waals surface area contributed by atoms with Crippen molar-refractivity contribution in [2.75, 3.05) is 38.7 Å². The maximum atomic E-state index is 12.9. The van der Waals surface area contributed by atoms with Crippen molar-refractivity contribution in [1.29, 1.82) is 0 Å². The highest BCUT2D eigenvalue weighted by Crippen LogP contribution is 2.27. The molecule has 0 aliphatic heterocycles. The van der Waals surface area contributed by atoms with E-state index < -0.39 is 0 Å². The van der Waals surface area contributed by atoms with Gasteiger partial charge in [0.05, 0.1) is 12.3 Å². The predicted octanol–water partition coefficient (Wildman–Crippen LogP) is 5.85. The maximum absolute atomic E-state index is 12.9. The largest absolute Gasteiger partial charge is 0.494 e. The van der Waals surface area contributed by atoms with Crippen molar-refractivity contribution >= 4 is 27.4 Å². The van der Waals surface area contributed by atoms with Crippen LogP contribution in [0.5, 0.6) is 5.75 Å². The third-order valence-corrected chi connectivity index (χ3v) is 5.37. The average Bonchev–Trinajstić information content (AvgIpc) is 2.75. The van der Waals surface area contributed by atoms with Crippen LogP contribution in [0.25, 0.3) is 0 Å². The molecule has 0 aromatic heterocycles. The molecule has 30 heavy (non-hydrogen) atoms. The molecule has 0 aliphatic rings. The molecule has 2 aromatic carbocycles. The van der Waals surface area contributed by atoms with Crippen LogP contribution in [-0.4, -0.2) is 39.6 Å². The molecule has 2 aromatic rings. The Morgan fingerprint density at radius 3 is 2.50 bits per heavy atom. The molecule has 0 atom stereocenters. The highest BCUT2D eigenvalue weighted by atomic mass is 79.9. The van der Waals surface area contributed by atoms with Gasteiger partial charge in [-0.3, -0.25) is 4.79 Å². The van der Waals surface area contributed by atoms with Crippen LogP contribution in [0.1, 0.15) is 48.0 Å². The minimum absolute atomic E-state index is 0.0134. The second-order valence-corrected chi connectivity index (χ2v) is 8.42. The SMILES string of the molecule is C=CCCNCCCCCCOc1ccc(C(=O)c2ccc(Br)cc2)c(N(C)C)c1. The number of hydrogen-bond acceptors (Lipinski definition) is 4. The number of anilines is 1. The molecule has 5 heteroatoms. The van der Waals surface area contributed by atoms with E-state index in [1.54, 1.807) is 0 Å². The van der Waals surface area contributed by atoms with E-state index in [2.05, 4.69) is 27.8 Å². The number of rotatable bonds is 14. The van der Waals surface area contributed by atoms with E-state index in [-0.39, 0.29) is 5.78 Å². The molecule has 162 valence electrons. The first-order valence-corrected chi connectivity index (χ1v) is 11.4. The lowest BCUT2D eigenvalue weighted by Crippen LogP contribution is -2.16.